The lowest BCUT2D eigenvalue weighted by molar-refractivity contribution is -0.115. The maximum absolute atomic E-state index is 12.4. The number of amides is 1. The third-order valence-corrected chi connectivity index (χ3v) is 5.72. The van der Waals surface area contributed by atoms with E-state index in [0.29, 0.717) is 5.56 Å². The number of hydrogen-bond donors (Lipinski definition) is 3. The van der Waals surface area contributed by atoms with Crippen LogP contribution >= 0.6 is 0 Å². The van der Waals surface area contributed by atoms with E-state index in [0.717, 1.165) is 12.8 Å². The number of carbonyl (C=O) groups excluding carboxylic acids is 1. The number of halogens is 3. The van der Waals surface area contributed by atoms with Crippen LogP contribution in [0.1, 0.15) is 18.4 Å². The Bertz CT molecular complexity index is 1030. The zero-order chi connectivity index (χ0) is 21.8. The van der Waals surface area contributed by atoms with Crippen molar-refractivity contribution in [3.05, 3.63) is 60.2 Å². The monoisotopic (exact) mass is 439 g/mol. The molecule has 160 valence electrons. The normalized spacial score (nSPS) is 14.6. The van der Waals surface area contributed by atoms with Crippen molar-refractivity contribution in [1.29, 1.82) is 0 Å². The number of benzene rings is 2. The molecular weight excluding hydrogens is 419 g/mol. The van der Waals surface area contributed by atoms with E-state index in [1.807, 2.05) is 0 Å². The summed E-state index contributed by atoms with van der Waals surface area (Å²) in [7, 11) is -3.55. The number of hydrogen-bond acceptors (Lipinski definition) is 4. The van der Waals surface area contributed by atoms with Gasteiger partial charge in [-0.05, 0) is 48.7 Å². The first-order valence-electron chi connectivity index (χ1n) is 9.13. The van der Waals surface area contributed by atoms with E-state index in [2.05, 4.69) is 15.4 Å². The minimum atomic E-state index is -4.38. The van der Waals surface area contributed by atoms with Gasteiger partial charge in [-0.15, -0.1) is 0 Å². The molecular formula is C20H20F3N3O3S. The second-order valence-electron chi connectivity index (χ2n) is 6.80. The van der Waals surface area contributed by atoms with Crippen LogP contribution in [-0.2, 0) is 14.8 Å². The predicted molar refractivity (Wildman–Crippen MR) is 108 cm³/mol. The largest absolute Gasteiger partial charge is 0.405 e. The summed E-state index contributed by atoms with van der Waals surface area (Å²) in [6, 6.07) is 12.1. The van der Waals surface area contributed by atoms with Crippen molar-refractivity contribution in [2.75, 3.05) is 17.2 Å². The molecule has 0 aliphatic heterocycles. The van der Waals surface area contributed by atoms with Crippen LogP contribution < -0.4 is 15.4 Å². The highest BCUT2D eigenvalue weighted by atomic mass is 32.2. The van der Waals surface area contributed by atoms with Gasteiger partial charge in [0.2, 0.25) is 15.9 Å². The summed E-state index contributed by atoms with van der Waals surface area (Å²) >= 11 is 0. The van der Waals surface area contributed by atoms with Gasteiger partial charge in [-0.1, -0.05) is 24.3 Å². The van der Waals surface area contributed by atoms with E-state index < -0.39 is 28.7 Å². The summed E-state index contributed by atoms with van der Waals surface area (Å²) in [5, 5.41) is 4.76. The van der Waals surface area contributed by atoms with Gasteiger partial charge in [0.15, 0.2) is 0 Å². The minimum absolute atomic E-state index is 0.00627. The van der Waals surface area contributed by atoms with E-state index in [9.17, 15) is 26.4 Å². The first-order chi connectivity index (χ1) is 14.1. The molecule has 3 rings (SSSR count). The Labute approximate surface area is 172 Å². The zero-order valence-electron chi connectivity index (χ0n) is 15.7. The molecule has 0 radical (unpaired) electrons. The summed E-state index contributed by atoms with van der Waals surface area (Å²) in [6.45, 7) is -1.22. The fourth-order valence-electron chi connectivity index (χ4n) is 2.53. The van der Waals surface area contributed by atoms with Gasteiger partial charge in [-0.25, -0.2) is 13.1 Å². The molecule has 0 heterocycles. The Kier molecular flexibility index (Phi) is 6.47. The third kappa shape index (κ3) is 6.60. The summed E-state index contributed by atoms with van der Waals surface area (Å²) in [5.74, 6) is -0.539. The molecule has 0 spiro atoms. The van der Waals surface area contributed by atoms with Crippen LogP contribution in [0.3, 0.4) is 0 Å². The van der Waals surface area contributed by atoms with E-state index >= 15 is 0 Å². The number of para-hydroxylation sites is 2. The van der Waals surface area contributed by atoms with Crippen molar-refractivity contribution in [3.63, 3.8) is 0 Å². The average molecular weight is 439 g/mol. The molecule has 1 saturated carbocycles. The number of alkyl halides is 3. The van der Waals surface area contributed by atoms with Gasteiger partial charge < -0.3 is 10.6 Å². The van der Waals surface area contributed by atoms with Gasteiger partial charge in [-0.2, -0.15) is 13.2 Å². The van der Waals surface area contributed by atoms with Crippen molar-refractivity contribution < 1.29 is 26.4 Å². The van der Waals surface area contributed by atoms with E-state index in [1.54, 1.807) is 24.3 Å². The van der Waals surface area contributed by atoms with Crippen LogP contribution in [0, 0.1) is 0 Å². The lowest BCUT2D eigenvalue weighted by atomic mass is 10.2. The molecule has 30 heavy (non-hydrogen) atoms. The Morgan fingerprint density at radius 3 is 2.27 bits per heavy atom. The predicted octanol–water partition coefficient (Wildman–Crippen LogP) is 3.75. The molecule has 2 aromatic rings. The first kappa shape index (κ1) is 21.8. The highest BCUT2D eigenvalue weighted by molar-refractivity contribution is 7.89. The number of rotatable bonds is 8. The van der Waals surface area contributed by atoms with Crippen LogP contribution in [-0.4, -0.2) is 33.1 Å². The second kappa shape index (κ2) is 8.88. The molecule has 10 heteroatoms. The number of carbonyl (C=O) groups is 1. The fourth-order valence-corrected chi connectivity index (χ4v) is 3.84. The molecule has 0 unspecified atom stereocenters. The SMILES string of the molecule is O=C(/C=C/c1ccc(S(=O)(=O)NC2CC2)cc1)Nc1ccccc1NCC(F)(F)F. The molecule has 1 amide bonds. The van der Waals surface area contributed by atoms with Crippen LogP contribution in [0.2, 0.25) is 0 Å². The van der Waals surface area contributed by atoms with E-state index in [-0.39, 0.29) is 22.3 Å². The van der Waals surface area contributed by atoms with Crippen molar-refractivity contribution in [1.82, 2.24) is 4.72 Å². The molecule has 1 fully saturated rings. The van der Waals surface area contributed by atoms with Gasteiger partial charge in [0.1, 0.15) is 6.54 Å². The molecule has 1 aliphatic rings. The highest BCUT2D eigenvalue weighted by Crippen LogP contribution is 2.24. The second-order valence-corrected chi connectivity index (χ2v) is 8.52. The van der Waals surface area contributed by atoms with Gasteiger partial charge in [0.25, 0.3) is 0 Å². The Hall–Kier alpha value is -2.85. The Morgan fingerprint density at radius 2 is 1.67 bits per heavy atom. The van der Waals surface area contributed by atoms with Crippen molar-refractivity contribution in [2.24, 2.45) is 0 Å². The molecule has 2 aromatic carbocycles. The van der Waals surface area contributed by atoms with E-state index in [1.165, 1.54) is 36.4 Å². The van der Waals surface area contributed by atoms with Crippen LogP contribution in [0.15, 0.2) is 59.5 Å². The molecule has 1 aliphatic carbocycles. The van der Waals surface area contributed by atoms with Gasteiger partial charge in [-0.3, -0.25) is 4.79 Å². The summed E-state index contributed by atoms with van der Waals surface area (Å²) in [4.78, 5) is 12.3. The Morgan fingerprint density at radius 1 is 1.03 bits per heavy atom. The van der Waals surface area contributed by atoms with Crippen LogP contribution in [0.25, 0.3) is 6.08 Å². The van der Waals surface area contributed by atoms with Gasteiger partial charge >= 0.3 is 6.18 Å². The third-order valence-electron chi connectivity index (χ3n) is 4.18. The summed E-state index contributed by atoms with van der Waals surface area (Å²) in [6.07, 6.45) is -0.0167. The molecule has 0 saturated heterocycles. The number of sulfonamides is 1. The minimum Gasteiger partial charge on any atom is -0.375 e. The maximum Gasteiger partial charge on any atom is 0.405 e. The first-order valence-corrected chi connectivity index (χ1v) is 10.6. The fraction of sp³-hybridized carbons (Fsp3) is 0.250. The number of nitrogens with one attached hydrogen (secondary N) is 3. The topological polar surface area (TPSA) is 87.3 Å². The molecule has 0 atom stereocenters. The zero-order valence-corrected chi connectivity index (χ0v) is 16.6. The molecule has 0 bridgehead atoms. The van der Waals surface area contributed by atoms with Crippen molar-refractivity contribution in [3.8, 4) is 0 Å². The van der Waals surface area contributed by atoms with Crippen LogP contribution in [0.4, 0.5) is 24.5 Å². The lowest BCUT2D eigenvalue weighted by Crippen LogP contribution is -2.25. The summed E-state index contributed by atoms with van der Waals surface area (Å²) in [5.41, 5.74) is 0.956. The highest BCUT2D eigenvalue weighted by Gasteiger charge is 2.28. The van der Waals surface area contributed by atoms with Gasteiger partial charge in [0.05, 0.1) is 16.3 Å². The van der Waals surface area contributed by atoms with Crippen molar-refractivity contribution in [2.45, 2.75) is 30.0 Å². The molecule has 0 aromatic heterocycles. The smallest absolute Gasteiger partial charge is 0.375 e. The van der Waals surface area contributed by atoms with Crippen LogP contribution in [0.5, 0.6) is 0 Å². The standard InChI is InChI=1S/C20H20F3N3O3S/c21-20(22,23)13-24-17-3-1-2-4-18(17)25-19(27)12-7-14-5-10-16(11-6-14)30(28,29)26-15-8-9-15/h1-7,10-12,15,24,26H,8-9,13H2,(H,25,27)/b12-7+. The number of anilines is 2. The van der Waals surface area contributed by atoms with Crippen molar-refractivity contribution >= 4 is 33.4 Å². The van der Waals surface area contributed by atoms with E-state index in [4.69, 9.17) is 0 Å². The quantitative estimate of drug-likeness (QED) is 0.547. The average Bonchev–Trinajstić information content (AvgIpc) is 3.49. The lowest BCUT2D eigenvalue weighted by Gasteiger charge is -2.13. The molecule has 6 nitrogen and oxygen atoms in total. The maximum atomic E-state index is 12.4. The Balaban J connectivity index is 1.61. The molecule has 3 N–H and O–H groups in total. The van der Waals surface area contributed by atoms with Gasteiger partial charge in [0, 0.05) is 12.1 Å². The summed E-state index contributed by atoms with van der Waals surface area (Å²) < 4.78 is 64.1.